The highest BCUT2D eigenvalue weighted by Gasteiger charge is 2.20. The number of hydrogen-bond donors (Lipinski definition) is 1. The fraction of sp³-hybridized carbons (Fsp3) is 0.545. The molecule has 0 bridgehead atoms. The van der Waals surface area contributed by atoms with Gasteiger partial charge in [0.2, 0.25) is 0 Å². The van der Waals surface area contributed by atoms with Gasteiger partial charge in [0.05, 0.1) is 12.3 Å². The van der Waals surface area contributed by atoms with E-state index < -0.39 is 0 Å². The maximum absolute atomic E-state index is 11.6. The summed E-state index contributed by atoms with van der Waals surface area (Å²) in [6, 6.07) is 0. The van der Waals surface area contributed by atoms with Gasteiger partial charge in [-0.3, -0.25) is 9.59 Å². The maximum atomic E-state index is 11.6. The van der Waals surface area contributed by atoms with Gasteiger partial charge in [0, 0.05) is 0 Å². The van der Waals surface area contributed by atoms with Crippen molar-refractivity contribution in [3.63, 3.8) is 0 Å². The maximum Gasteiger partial charge on any atom is 0.319 e. The molecule has 1 aromatic rings. The quantitative estimate of drug-likeness (QED) is 0.508. The third-order valence-corrected chi connectivity index (χ3v) is 4.34. The molecule has 0 aliphatic heterocycles. The van der Waals surface area contributed by atoms with E-state index in [1.807, 2.05) is 6.92 Å². The number of nitrogens with zero attached hydrogens (tertiary/aromatic N) is 1. The van der Waals surface area contributed by atoms with Crippen LogP contribution in [0.4, 0.5) is 0 Å². The second kappa shape index (κ2) is 6.94. The summed E-state index contributed by atoms with van der Waals surface area (Å²) < 4.78 is 5.38. The van der Waals surface area contributed by atoms with Crippen molar-refractivity contribution >= 4 is 33.7 Å². The Morgan fingerprint density at radius 1 is 1.56 bits per heavy atom. The predicted octanol–water partition coefficient (Wildman–Crippen LogP) is 2.27. The third kappa shape index (κ3) is 3.84. The Labute approximate surface area is 118 Å². The molecule has 1 aromatic heterocycles. The molecule has 1 unspecified atom stereocenters. The summed E-state index contributed by atoms with van der Waals surface area (Å²) in [5.74, 6) is -0.284. The van der Waals surface area contributed by atoms with Gasteiger partial charge < -0.3 is 9.72 Å². The Morgan fingerprint density at radius 2 is 2.22 bits per heavy atom. The third-order valence-electron chi connectivity index (χ3n) is 2.18. The number of esters is 1. The second-order valence-corrected chi connectivity index (χ2v) is 5.52. The molecule has 0 saturated heterocycles. The Balaban J connectivity index is 2.89. The zero-order valence-corrected chi connectivity index (χ0v) is 12.9. The van der Waals surface area contributed by atoms with Crippen molar-refractivity contribution in [3.05, 3.63) is 20.5 Å². The summed E-state index contributed by atoms with van der Waals surface area (Å²) in [6.45, 7) is 5.73. The smallest absolute Gasteiger partial charge is 0.319 e. The Kier molecular flexibility index (Phi) is 5.87. The lowest BCUT2D eigenvalue weighted by atomic mass is 10.3. The molecule has 1 rings (SSSR count). The van der Waals surface area contributed by atoms with Crippen molar-refractivity contribution in [2.45, 2.75) is 37.6 Å². The van der Waals surface area contributed by atoms with Gasteiger partial charge in [-0.15, -0.1) is 0 Å². The molecule has 1 atom stereocenters. The molecule has 0 aliphatic carbocycles. The molecular weight excluding hydrogens is 320 g/mol. The predicted molar refractivity (Wildman–Crippen MR) is 73.9 cm³/mol. The van der Waals surface area contributed by atoms with E-state index in [-0.39, 0.29) is 16.8 Å². The number of aryl methyl sites for hydroxylation is 1. The average molecular weight is 335 g/mol. The highest BCUT2D eigenvalue weighted by Crippen LogP contribution is 2.23. The highest BCUT2D eigenvalue weighted by molar-refractivity contribution is 9.10. The summed E-state index contributed by atoms with van der Waals surface area (Å²) in [5, 5.41) is 0.0780. The van der Waals surface area contributed by atoms with Gasteiger partial charge in [0.25, 0.3) is 5.56 Å². The number of H-pyrrole nitrogens is 1. The van der Waals surface area contributed by atoms with Crippen LogP contribution in [0.5, 0.6) is 0 Å². The number of rotatable bonds is 5. The fourth-order valence-corrected chi connectivity index (χ4v) is 2.40. The van der Waals surface area contributed by atoms with E-state index in [0.717, 1.165) is 0 Å². The first-order valence-electron chi connectivity index (χ1n) is 5.59. The molecular formula is C11H15BrN2O3S. The number of halogens is 1. The molecule has 100 valence electrons. The number of ether oxygens (including phenoxy) is 1. The lowest BCUT2D eigenvalue weighted by Crippen LogP contribution is -2.21. The van der Waals surface area contributed by atoms with Gasteiger partial charge in [0.15, 0.2) is 5.16 Å². The molecule has 5 nitrogen and oxygen atoms in total. The molecule has 0 aliphatic rings. The molecule has 0 saturated carbocycles. The molecule has 0 amide bonds. The van der Waals surface area contributed by atoms with Gasteiger partial charge >= 0.3 is 5.97 Å². The van der Waals surface area contributed by atoms with Crippen molar-refractivity contribution < 1.29 is 9.53 Å². The second-order valence-electron chi connectivity index (χ2n) is 3.54. The van der Waals surface area contributed by atoms with Crippen LogP contribution in [0.15, 0.2) is 14.4 Å². The van der Waals surface area contributed by atoms with E-state index in [2.05, 4.69) is 25.9 Å². The summed E-state index contributed by atoms with van der Waals surface area (Å²) in [5.41, 5.74) is 0.351. The first-order chi connectivity index (χ1) is 8.49. The Morgan fingerprint density at radius 3 is 2.72 bits per heavy atom. The number of hydrogen-bond acceptors (Lipinski definition) is 5. The van der Waals surface area contributed by atoms with Crippen LogP contribution in [0.2, 0.25) is 0 Å². The SMILES string of the molecule is CCOC(=O)C(CC)Sc1nc(C)c(Br)c(=O)[nH]1. The van der Waals surface area contributed by atoms with Crippen LogP contribution in [0.3, 0.4) is 0 Å². The molecule has 7 heteroatoms. The first-order valence-corrected chi connectivity index (χ1v) is 7.26. The molecule has 1 heterocycles. The van der Waals surface area contributed by atoms with Crippen LogP contribution in [0, 0.1) is 6.92 Å². The van der Waals surface area contributed by atoms with E-state index >= 15 is 0 Å². The van der Waals surface area contributed by atoms with Crippen LogP contribution < -0.4 is 5.56 Å². The van der Waals surface area contributed by atoms with E-state index in [4.69, 9.17) is 4.74 Å². The Hall–Kier alpha value is -0.820. The minimum atomic E-state index is -0.353. The van der Waals surface area contributed by atoms with Crippen LogP contribution >= 0.6 is 27.7 Å². The topological polar surface area (TPSA) is 72.0 Å². The standard InChI is InChI=1S/C11H15BrN2O3S/c1-4-7(10(16)17-5-2)18-11-13-6(3)8(12)9(15)14-11/h7H,4-5H2,1-3H3,(H,13,14,15). The lowest BCUT2D eigenvalue weighted by Gasteiger charge is -2.12. The van der Waals surface area contributed by atoms with Gasteiger partial charge in [-0.2, -0.15) is 0 Å². The van der Waals surface area contributed by atoms with Crippen LogP contribution in [0.1, 0.15) is 26.0 Å². The van der Waals surface area contributed by atoms with Crippen molar-refractivity contribution in [3.8, 4) is 0 Å². The van der Waals surface area contributed by atoms with Gasteiger partial charge in [-0.05, 0) is 36.2 Å². The lowest BCUT2D eigenvalue weighted by molar-refractivity contribution is -0.142. The fourth-order valence-electron chi connectivity index (χ4n) is 1.27. The zero-order chi connectivity index (χ0) is 13.7. The first kappa shape index (κ1) is 15.2. The van der Waals surface area contributed by atoms with Gasteiger partial charge in [0.1, 0.15) is 9.72 Å². The van der Waals surface area contributed by atoms with E-state index in [9.17, 15) is 9.59 Å². The number of aromatic amines is 1. The minimum absolute atomic E-state index is 0.247. The molecule has 18 heavy (non-hydrogen) atoms. The highest BCUT2D eigenvalue weighted by atomic mass is 79.9. The van der Waals surface area contributed by atoms with Gasteiger partial charge in [-0.1, -0.05) is 18.7 Å². The van der Waals surface area contributed by atoms with Crippen molar-refractivity contribution in [1.82, 2.24) is 9.97 Å². The normalized spacial score (nSPS) is 12.2. The van der Waals surface area contributed by atoms with E-state index in [1.165, 1.54) is 11.8 Å². The molecule has 0 radical (unpaired) electrons. The number of carbonyl (C=O) groups excluding carboxylic acids is 1. The van der Waals surface area contributed by atoms with Crippen molar-refractivity contribution in [1.29, 1.82) is 0 Å². The number of carbonyl (C=O) groups is 1. The summed E-state index contributed by atoms with van der Waals surface area (Å²) >= 11 is 4.35. The van der Waals surface area contributed by atoms with Crippen molar-refractivity contribution in [2.75, 3.05) is 6.61 Å². The minimum Gasteiger partial charge on any atom is -0.465 e. The Bertz CT molecular complexity index is 490. The average Bonchev–Trinajstić information content (AvgIpc) is 2.33. The molecule has 0 aromatic carbocycles. The number of nitrogens with one attached hydrogen (secondary N) is 1. The molecule has 0 fully saturated rings. The van der Waals surface area contributed by atoms with Gasteiger partial charge in [-0.25, -0.2) is 4.98 Å². The summed E-state index contributed by atoms with van der Waals surface area (Å²) in [4.78, 5) is 30.0. The molecule has 1 N–H and O–H groups in total. The largest absolute Gasteiger partial charge is 0.465 e. The van der Waals surface area contributed by atoms with E-state index in [0.29, 0.717) is 28.4 Å². The van der Waals surface area contributed by atoms with E-state index in [1.54, 1.807) is 13.8 Å². The zero-order valence-electron chi connectivity index (χ0n) is 10.4. The van der Waals surface area contributed by atoms with Crippen LogP contribution in [-0.2, 0) is 9.53 Å². The van der Waals surface area contributed by atoms with Crippen LogP contribution in [0.25, 0.3) is 0 Å². The summed E-state index contributed by atoms with van der Waals surface area (Å²) in [6.07, 6.45) is 0.613. The monoisotopic (exact) mass is 334 g/mol. The number of aromatic nitrogens is 2. The molecule has 0 spiro atoms. The van der Waals surface area contributed by atoms with Crippen molar-refractivity contribution in [2.24, 2.45) is 0 Å². The number of thioether (sulfide) groups is 1. The van der Waals surface area contributed by atoms with Crippen LogP contribution in [-0.4, -0.2) is 27.8 Å². The summed E-state index contributed by atoms with van der Waals surface area (Å²) in [7, 11) is 0.